The SMILES string of the molecule is COC(CC(CC(O)CO)C(S)CCS)OC. The Hall–Kier alpha value is 0.540. The van der Waals surface area contributed by atoms with Gasteiger partial charge in [0.1, 0.15) is 0 Å². The maximum Gasteiger partial charge on any atom is 0.157 e. The molecule has 0 aliphatic rings. The molecular formula is C11H24O4S2. The highest BCUT2D eigenvalue weighted by molar-refractivity contribution is 7.81. The summed E-state index contributed by atoms with van der Waals surface area (Å²) in [5.41, 5.74) is 0. The minimum absolute atomic E-state index is 0.112. The molecular weight excluding hydrogens is 260 g/mol. The molecule has 0 heterocycles. The first-order valence-corrected chi connectivity index (χ1v) is 6.87. The molecule has 2 N–H and O–H groups in total. The molecule has 4 nitrogen and oxygen atoms in total. The lowest BCUT2D eigenvalue weighted by atomic mass is 9.92. The smallest absolute Gasteiger partial charge is 0.157 e. The molecule has 17 heavy (non-hydrogen) atoms. The molecule has 0 aliphatic carbocycles. The zero-order valence-corrected chi connectivity index (χ0v) is 12.2. The molecule has 0 aliphatic heterocycles. The van der Waals surface area contributed by atoms with Crippen molar-refractivity contribution in [1.29, 1.82) is 0 Å². The lowest BCUT2D eigenvalue weighted by Crippen LogP contribution is -2.29. The summed E-state index contributed by atoms with van der Waals surface area (Å²) >= 11 is 8.70. The molecule has 104 valence electrons. The van der Waals surface area contributed by atoms with Gasteiger partial charge in [-0.2, -0.15) is 25.3 Å². The van der Waals surface area contributed by atoms with Crippen molar-refractivity contribution in [3.63, 3.8) is 0 Å². The predicted molar refractivity (Wildman–Crippen MR) is 74.9 cm³/mol. The summed E-state index contributed by atoms with van der Waals surface area (Å²) in [5, 5.41) is 18.5. The molecule has 0 saturated heterocycles. The van der Waals surface area contributed by atoms with Crippen LogP contribution in [0.1, 0.15) is 19.3 Å². The first kappa shape index (κ1) is 17.5. The lowest BCUT2D eigenvalue weighted by Gasteiger charge is -2.27. The third kappa shape index (κ3) is 7.54. The Morgan fingerprint density at radius 1 is 1.18 bits per heavy atom. The minimum Gasteiger partial charge on any atom is -0.394 e. The molecule has 0 saturated carbocycles. The Balaban J connectivity index is 4.37. The van der Waals surface area contributed by atoms with Crippen molar-refractivity contribution >= 4 is 25.3 Å². The van der Waals surface area contributed by atoms with Crippen LogP contribution >= 0.6 is 25.3 Å². The second-order valence-electron chi connectivity index (χ2n) is 4.05. The molecule has 0 amide bonds. The second kappa shape index (κ2) is 10.5. The Morgan fingerprint density at radius 2 is 1.76 bits per heavy atom. The van der Waals surface area contributed by atoms with E-state index in [1.165, 1.54) is 0 Å². The zero-order valence-electron chi connectivity index (χ0n) is 10.5. The molecule has 0 spiro atoms. The Bertz CT molecular complexity index is 179. The number of aliphatic hydroxyl groups excluding tert-OH is 2. The van der Waals surface area contributed by atoms with Crippen LogP contribution in [0.3, 0.4) is 0 Å². The summed E-state index contributed by atoms with van der Waals surface area (Å²) in [7, 11) is 3.17. The topological polar surface area (TPSA) is 58.9 Å². The Kier molecular flexibility index (Phi) is 10.8. The standard InChI is InChI=1S/C11H24O4S2/c1-14-11(15-2)6-8(5-9(13)7-12)10(17)3-4-16/h8-13,16-17H,3-7H2,1-2H3. The van der Waals surface area contributed by atoms with Gasteiger partial charge < -0.3 is 19.7 Å². The van der Waals surface area contributed by atoms with Crippen molar-refractivity contribution in [2.45, 2.75) is 36.9 Å². The summed E-state index contributed by atoms with van der Waals surface area (Å²) in [5.74, 6) is 0.863. The van der Waals surface area contributed by atoms with Crippen molar-refractivity contribution in [1.82, 2.24) is 0 Å². The summed E-state index contributed by atoms with van der Waals surface area (Å²) in [6.07, 6.45) is 0.951. The number of hydrogen-bond donors (Lipinski definition) is 4. The van der Waals surface area contributed by atoms with Gasteiger partial charge in [0.05, 0.1) is 12.7 Å². The summed E-state index contributed by atoms with van der Waals surface area (Å²) in [4.78, 5) is 0. The van der Waals surface area contributed by atoms with Crippen molar-refractivity contribution in [2.24, 2.45) is 5.92 Å². The molecule has 0 aromatic heterocycles. The summed E-state index contributed by atoms with van der Waals surface area (Å²) in [6.45, 7) is -0.234. The molecule has 0 rings (SSSR count). The van der Waals surface area contributed by atoms with Crippen LogP contribution in [-0.2, 0) is 9.47 Å². The fourth-order valence-corrected chi connectivity index (χ4v) is 2.59. The quantitative estimate of drug-likeness (QED) is 0.357. The fraction of sp³-hybridized carbons (Fsp3) is 1.00. The van der Waals surface area contributed by atoms with Crippen LogP contribution in [0.15, 0.2) is 0 Å². The van der Waals surface area contributed by atoms with Gasteiger partial charge in [0.2, 0.25) is 0 Å². The van der Waals surface area contributed by atoms with Gasteiger partial charge in [-0.1, -0.05) is 0 Å². The maximum absolute atomic E-state index is 9.52. The van der Waals surface area contributed by atoms with Crippen LogP contribution < -0.4 is 0 Å². The van der Waals surface area contributed by atoms with Crippen LogP contribution in [0.5, 0.6) is 0 Å². The Morgan fingerprint density at radius 3 is 2.18 bits per heavy atom. The molecule has 0 bridgehead atoms. The number of methoxy groups -OCH3 is 2. The predicted octanol–water partition coefficient (Wildman–Crippen LogP) is 0.973. The summed E-state index contributed by atoms with van der Waals surface area (Å²) < 4.78 is 10.3. The first-order chi connectivity index (χ1) is 8.08. The van der Waals surface area contributed by atoms with E-state index >= 15 is 0 Å². The van der Waals surface area contributed by atoms with Gasteiger partial charge in [0, 0.05) is 25.9 Å². The van der Waals surface area contributed by atoms with Crippen LogP contribution in [0.2, 0.25) is 0 Å². The molecule has 0 aromatic carbocycles. The average molecular weight is 284 g/mol. The van der Waals surface area contributed by atoms with Crippen molar-refractivity contribution in [2.75, 3.05) is 26.6 Å². The van der Waals surface area contributed by atoms with Crippen molar-refractivity contribution in [3.05, 3.63) is 0 Å². The zero-order chi connectivity index (χ0) is 13.3. The van der Waals surface area contributed by atoms with E-state index in [1.807, 2.05) is 0 Å². The molecule has 3 atom stereocenters. The van der Waals surface area contributed by atoms with Gasteiger partial charge in [-0.25, -0.2) is 0 Å². The van der Waals surface area contributed by atoms with Gasteiger partial charge in [-0.15, -0.1) is 0 Å². The fourth-order valence-electron chi connectivity index (χ4n) is 1.74. The van der Waals surface area contributed by atoms with Crippen molar-refractivity contribution < 1.29 is 19.7 Å². The van der Waals surface area contributed by atoms with Crippen LogP contribution in [-0.4, -0.2) is 54.4 Å². The average Bonchev–Trinajstić information content (AvgIpc) is 2.34. The third-order valence-electron chi connectivity index (χ3n) is 2.78. The van der Waals surface area contributed by atoms with Gasteiger partial charge in [-0.05, 0) is 24.5 Å². The van der Waals surface area contributed by atoms with Crippen molar-refractivity contribution in [3.8, 4) is 0 Å². The highest BCUT2D eigenvalue weighted by Crippen LogP contribution is 2.26. The van der Waals surface area contributed by atoms with E-state index in [4.69, 9.17) is 14.6 Å². The van der Waals surface area contributed by atoms with Gasteiger partial charge in [0.25, 0.3) is 0 Å². The third-order valence-corrected chi connectivity index (χ3v) is 3.71. The van der Waals surface area contributed by atoms with Crippen LogP contribution in [0.4, 0.5) is 0 Å². The second-order valence-corrected chi connectivity index (χ2v) is 5.16. The first-order valence-electron chi connectivity index (χ1n) is 5.72. The molecule has 6 heteroatoms. The van der Waals surface area contributed by atoms with E-state index in [1.54, 1.807) is 14.2 Å². The Labute approximate surface area is 115 Å². The normalized spacial score (nSPS) is 17.1. The number of ether oxygens (including phenoxy) is 2. The summed E-state index contributed by atoms with van der Waals surface area (Å²) in [6, 6.07) is 0. The molecule has 0 aromatic rings. The largest absolute Gasteiger partial charge is 0.394 e. The van der Waals surface area contributed by atoms with Gasteiger partial charge >= 0.3 is 0 Å². The number of thiol groups is 2. The number of hydrogen-bond acceptors (Lipinski definition) is 6. The highest BCUT2D eigenvalue weighted by atomic mass is 32.1. The van der Waals surface area contributed by atoms with Crippen LogP contribution in [0, 0.1) is 5.92 Å². The number of rotatable bonds is 10. The monoisotopic (exact) mass is 284 g/mol. The highest BCUT2D eigenvalue weighted by Gasteiger charge is 2.24. The van der Waals surface area contributed by atoms with E-state index in [0.717, 1.165) is 12.2 Å². The van der Waals surface area contributed by atoms with E-state index in [2.05, 4.69) is 25.3 Å². The van der Waals surface area contributed by atoms with Gasteiger partial charge in [0.15, 0.2) is 6.29 Å². The van der Waals surface area contributed by atoms with E-state index < -0.39 is 6.10 Å². The van der Waals surface area contributed by atoms with Crippen LogP contribution in [0.25, 0.3) is 0 Å². The minimum atomic E-state index is -0.719. The van der Waals surface area contributed by atoms with Gasteiger partial charge in [-0.3, -0.25) is 0 Å². The molecule has 3 unspecified atom stereocenters. The van der Waals surface area contributed by atoms with E-state index in [-0.39, 0.29) is 24.1 Å². The number of aliphatic hydroxyl groups is 2. The molecule has 0 fully saturated rings. The molecule has 0 radical (unpaired) electrons. The van der Waals surface area contributed by atoms with E-state index in [0.29, 0.717) is 12.8 Å². The maximum atomic E-state index is 9.52. The lowest BCUT2D eigenvalue weighted by molar-refractivity contribution is -0.116. The van der Waals surface area contributed by atoms with E-state index in [9.17, 15) is 5.11 Å².